The van der Waals surface area contributed by atoms with E-state index in [0.29, 0.717) is 0 Å². The summed E-state index contributed by atoms with van der Waals surface area (Å²) in [6.45, 7) is 2.14. The minimum atomic E-state index is 1.38. The van der Waals surface area contributed by atoms with E-state index in [1.807, 2.05) is 11.3 Å². The Hall–Kier alpha value is 1.16. The molecule has 0 aliphatic heterocycles. The first kappa shape index (κ1) is 7.27. The van der Waals surface area contributed by atoms with Crippen LogP contribution in [0.4, 0.5) is 0 Å². The van der Waals surface area contributed by atoms with Crippen LogP contribution in [0.25, 0.3) is 0 Å². The first-order chi connectivity index (χ1) is 3.70. The third-order valence-corrected chi connectivity index (χ3v) is 4.12. The lowest BCUT2D eigenvalue weighted by Gasteiger charge is -1.77. The number of hydrogen-bond donors (Lipinski definition) is 0. The molecule has 0 unspecified atom stereocenters. The van der Waals surface area contributed by atoms with Crippen LogP contribution in [-0.2, 0) is 0 Å². The molecule has 0 saturated carbocycles. The van der Waals surface area contributed by atoms with Crippen molar-refractivity contribution < 1.29 is 0 Å². The molecule has 0 radical (unpaired) electrons. The van der Waals surface area contributed by atoms with Crippen LogP contribution in [0.2, 0.25) is 0 Å². The maximum Gasteiger partial charge on any atom is 0.0693 e. The number of aryl methyl sites for hydroxylation is 1. The average Bonchev–Trinajstić information content (AvgIpc) is 1.85. The summed E-state index contributed by atoms with van der Waals surface area (Å²) in [5, 5.41) is 0. The molecule has 0 spiro atoms. The molecule has 0 atom stereocenters. The first-order valence-corrected chi connectivity index (χ1v) is 5.09. The zero-order valence-corrected chi connectivity index (χ0v) is 9.37. The lowest BCUT2D eigenvalue weighted by atomic mass is 10.4. The third kappa shape index (κ3) is 1.57. The Labute approximate surface area is 80.0 Å². The highest BCUT2D eigenvalue weighted by molar-refractivity contribution is 14.1. The first-order valence-electron chi connectivity index (χ1n) is 2.11. The minimum absolute atomic E-state index is 1.38. The molecule has 3 heteroatoms. The van der Waals surface area contributed by atoms with Crippen LogP contribution < -0.4 is 0 Å². The molecule has 0 aromatic carbocycles. The van der Waals surface area contributed by atoms with E-state index in [4.69, 9.17) is 0 Å². The van der Waals surface area contributed by atoms with Gasteiger partial charge in [-0.05, 0) is 63.7 Å². The molecule has 0 aliphatic rings. The molecule has 8 heavy (non-hydrogen) atoms. The van der Waals surface area contributed by atoms with Gasteiger partial charge in [0.05, 0.1) is 5.77 Å². The van der Waals surface area contributed by atoms with Gasteiger partial charge >= 0.3 is 0 Å². The highest BCUT2D eigenvalue weighted by Gasteiger charge is 1.96. The number of thiophene rings is 1. The van der Waals surface area contributed by atoms with Gasteiger partial charge in [0.25, 0.3) is 0 Å². The number of rotatable bonds is 0. The number of halogens is 2. The summed E-state index contributed by atoms with van der Waals surface area (Å²) in [5.74, 6) is 0. The predicted octanol–water partition coefficient (Wildman–Crippen LogP) is 3.27. The normalized spacial score (nSPS) is 9.88. The second-order valence-electron chi connectivity index (χ2n) is 1.51. The summed E-state index contributed by atoms with van der Waals surface area (Å²) in [5.41, 5.74) is 1.40. The van der Waals surface area contributed by atoms with E-state index in [-0.39, 0.29) is 0 Å². The van der Waals surface area contributed by atoms with Crippen molar-refractivity contribution >= 4 is 56.5 Å². The van der Waals surface area contributed by atoms with E-state index in [1.165, 1.54) is 11.3 Å². The average molecular weight is 350 g/mol. The highest BCUT2D eigenvalue weighted by atomic mass is 127. The Morgan fingerprint density at radius 2 is 2.12 bits per heavy atom. The summed E-state index contributed by atoms with van der Waals surface area (Å²) in [7, 11) is 0. The van der Waals surface area contributed by atoms with Gasteiger partial charge in [-0.2, -0.15) is 0 Å². The Kier molecular flexibility index (Phi) is 2.57. The molecule has 0 fully saturated rings. The SMILES string of the molecule is Cc1cc(I)sc1I. The van der Waals surface area contributed by atoms with E-state index < -0.39 is 0 Å². The Balaban J connectivity index is 3.14. The smallest absolute Gasteiger partial charge is 0.0693 e. The monoisotopic (exact) mass is 350 g/mol. The lowest BCUT2D eigenvalue weighted by molar-refractivity contribution is 1.52. The fourth-order valence-corrected chi connectivity index (χ4v) is 4.31. The third-order valence-electron chi connectivity index (χ3n) is 0.827. The molecule has 1 heterocycles. The summed E-state index contributed by atoms with van der Waals surface area (Å²) in [4.78, 5) is 0. The summed E-state index contributed by atoms with van der Waals surface area (Å²) in [6, 6.07) is 2.20. The molecule has 44 valence electrons. The van der Waals surface area contributed by atoms with Crippen molar-refractivity contribution in [3.63, 3.8) is 0 Å². The maximum absolute atomic E-state index is 2.36. The van der Waals surface area contributed by atoms with Gasteiger partial charge < -0.3 is 0 Å². The van der Waals surface area contributed by atoms with Crippen molar-refractivity contribution in [3.05, 3.63) is 17.4 Å². The molecule has 0 saturated heterocycles. The second kappa shape index (κ2) is 2.83. The van der Waals surface area contributed by atoms with Crippen LogP contribution in [0.5, 0.6) is 0 Å². The van der Waals surface area contributed by atoms with Crippen molar-refractivity contribution in [2.45, 2.75) is 6.92 Å². The molecule has 0 nitrogen and oxygen atoms in total. The molecular formula is C5H4I2S. The van der Waals surface area contributed by atoms with Gasteiger partial charge in [0.15, 0.2) is 0 Å². The zero-order chi connectivity index (χ0) is 6.15. The molecule has 0 amide bonds. The molecule has 1 rings (SSSR count). The summed E-state index contributed by atoms with van der Waals surface area (Å²) >= 11 is 6.54. The largest absolute Gasteiger partial charge is 0.123 e. The molecule has 0 N–H and O–H groups in total. The second-order valence-corrected chi connectivity index (χ2v) is 6.26. The van der Waals surface area contributed by atoms with E-state index in [9.17, 15) is 0 Å². The summed E-state index contributed by atoms with van der Waals surface area (Å²) < 4.78 is 2.79. The van der Waals surface area contributed by atoms with Gasteiger partial charge in [-0.25, -0.2) is 0 Å². The van der Waals surface area contributed by atoms with E-state index >= 15 is 0 Å². The molecule has 1 aromatic rings. The number of hydrogen-bond acceptors (Lipinski definition) is 1. The van der Waals surface area contributed by atoms with Crippen LogP contribution in [0.1, 0.15) is 5.56 Å². The fraction of sp³-hybridized carbons (Fsp3) is 0.200. The van der Waals surface area contributed by atoms with Crippen molar-refractivity contribution in [2.75, 3.05) is 0 Å². The lowest BCUT2D eigenvalue weighted by Crippen LogP contribution is -1.60. The van der Waals surface area contributed by atoms with Gasteiger partial charge in [-0.15, -0.1) is 11.3 Å². The Morgan fingerprint density at radius 3 is 2.25 bits per heavy atom. The molecule has 0 bridgehead atoms. The Bertz CT molecular complexity index is 173. The van der Waals surface area contributed by atoms with Crippen LogP contribution in [-0.4, -0.2) is 0 Å². The topological polar surface area (TPSA) is 0 Å². The standard InChI is InChI=1S/C5H4I2S/c1-3-2-4(6)8-5(3)7/h2H,1H3. The molecule has 1 aromatic heterocycles. The molecular weight excluding hydrogens is 346 g/mol. The molecule has 0 aliphatic carbocycles. The van der Waals surface area contributed by atoms with Gasteiger partial charge in [-0.3, -0.25) is 0 Å². The van der Waals surface area contributed by atoms with Crippen molar-refractivity contribution in [1.29, 1.82) is 0 Å². The van der Waals surface area contributed by atoms with E-state index in [0.717, 1.165) is 0 Å². The predicted molar refractivity (Wildman–Crippen MR) is 54.5 cm³/mol. The van der Waals surface area contributed by atoms with E-state index in [2.05, 4.69) is 58.2 Å². The Morgan fingerprint density at radius 1 is 1.50 bits per heavy atom. The van der Waals surface area contributed by atoms with Gasteiger partial charge in [0, 0.05) is 0 Å². The van der Waals surface area contributed by atoms with Crippen molar-refractivity contribution in [2.24, 2.45) is 0 Å². The van der Waals surface area contributed by atoms with Crippen LogP contribution in [0.3, 0.4) is 0 Å². The van der Waals surface area contributed by atoms with Crippen LogP contribution in [0, 0.1) is 12.7 Å². The fourth-order valence-electron chi connectivity index (χ4n) is 0.423. The minimum Gasteiger partial charge on any atom is -0.123 e. The van der Waals surface area contributed by atoms with Crippen LogP contribution >= 0.6 is 56.5 Å². The van der Waals surface area contributed by atoms with Gasteiger partial charge in [0.2, 0.25) is 0 Å². The van der Waals surface area contributed by atoms with Crippen molar-refractivity contribution in [1.82, 2.24) is 0 Å². The highest BCUT2D eigenvalue weighted by Crippen LogP contribution is 2.24. The summed E-state index contributed by atoms with van der Waals surface area (Å²) in [6.07, 6.45) is 0. The van der Waals surface area contributed by atoms with Crippen LogP contribution in [0.15, 0.2) is 6.07 Å². The quantitative estimate of drug-likeness (QED) is 0.631. The van der Waals surface area contributed by atoms with Gasteiger partial charge in [-0.1, -0.05) is 0 Å². The zero-order valence-electron chi connectivity index (χ0n) is 4.24. The van der Waals surface area contributed by atoms with Gasteiger partial charge in [0.1, 0.15) is 0 Å². The van der Waals surface area contributed by atoms with Crippen molar-refractivity contribution in [3.8, 4) is 0 Å². The maximum atomic E-state index is 2.36. The van der Waals surface area contributed by atoms with E-state index in [1.54, 1.807) is 0 Å².